The van der Waals surface area contributed by atoms with Gasteiger partial charge in [0.05, 0.1) is 23.4 Å². The molecule has 2 heterocycles. The number of aromatic nitrogens is 1. The zero-order valence-corrected chi connectivity index (χ0v) is 11.1. The number of nitrogens with one attached hydrogen (secondary N) is 2. The first-order valence-corrected chi connectivity index (χ1v) is 7.15. The molecular formula is C12H17N3O2S. The molecule has 2 aliphatic rings. The topological polar surface area (TPSA) is 63.2 Å². The Hall–Kier alpha value is -0.980. The summed E-state index contributed by atoms with van der Waals surface area (Å²) in [6.45, 7) is 1.56. The lowest BCUT2D eigenvalue weighted by Crippen LogP contribution is -2.43. The van der Waals surface area contributed by atoms with Crippen molar-refractivity contribution in [3.8, 4) is 0 Å². The Morgan fingerprint density at radius 1 is 1.56 bits per heavy atom. The third kappa shape index (κ3) is 2.28. The van der Waals surface area contributed by atoms with Gasteiger partial charge in [0, 0.05) is 26.1 Å². The molecule has 0 bridgehead atoms. The second-order valence-corrected chi connectivity index (χ2v) is 5.71. The van der Waals surface area contributed by atoms with Crippen molar-refractivity contribution in [2.24, 2.45) is 0 Å². The van der Waals surface area contributed by atoms with Crippen molar-refractivity contribution in [3.63, 3.8) is 0 Å². The Kier molecular flexibility index (Phi) is 3.32. The maximum absolute atomic E-state index is 12.3. The minimum Gasteiger partial charge on any atom is -0.378 e. The molecule has 1 aliphatic heterocycles. The quantitative estimate of drug-likeness (QED) is 0.844. The highest BCUT2D eigenvalue weighted by Crippen LogP contribution is 2.41. The van der Waals surface area contributed by atoms with Gasteiger partial charge in [-0.3, -0.25) is 4.79 Å². The van der Waals surface area contributed by atoms with E-state index in [2.05, 4.69) is 15.6 Å². The largest absolute Gasteiger partial charge is 0.378 e. The molecule has 1 aromatic rings. The highest BCUT2D eigenvalue weighted by atomic mass is 32.1. The first kappa shape index (κ1) is 12.1. The van der Waals surface area contributed by atoms with Gasteiger partial charge in [0.1, 0.15) is 4.88 Å². The van der Waals surface area contributed by atoms with Gasteiger partial charge in [-0.25, -0.2) is 4.98 Å². The van der Waals surface area contributed by atoms with E-state index in [1.807, 2.05) is 0 Å². The Morgan fingerprint density at radius 2 is 2.39 bits per heavy atom. The molecule has 2 fully saturated rings. The smallest absolute Gasteiger partial charge is 0.263 e. The number of ether oxygens (including phenoxy) is 1. The molecule has 1 aromatic heterocycles. The van der Waals surface area contributed by atoms with E-state index in [4.69, 9.17) is 4.74 Å². The van der Waals surface area contributed by atoms with E-state index in [9.17, 15) is 4.79 Å². The summed E-state index contributed by atoms with van der Waals surface area (Å²) >= 11 is 1.43. The average Bonchev–Trinajstić information content (AvgIpc) is 2.93. The first-order chi connectivity index (χ1) is 8.79. The molecule has 5 nitrogen and oxygen atoms in total. The predicted molar refractivity (Wildman–Crippen MR) is 69.0 cm³/mol. The molecule has 0 spiro atoms. The van der Waals surface area contributed by atoms with Crippen LogP contribution in [0, 0.1) is 0 Å². The molecule has 2 N–H and O–H groups in total. The number of hydrogen-bond donors (Lipinski definition) is 2. The van der Waals surface area contributed by atoms with E-state index in [1.54, 1.807) is 12.6 Å². The van der Waals surface area contributed by atoms with Crippen molar-refractivity contribution >= 4 is 17.2 Å². The second-order valence-electron chi connectivity index (χ2n) is 4.85. The van der Waals surface area contributed by atoms with Crippen molar-refractivity contribution in [2.45, 2.75) is 30.9 Å². The maximum Gasteiger partial charge on any atom is 0.263 e. The summed E-state index contributed by atoms with van der Waals surface area (Å²) in [5.41, 5.74) is 2.75. The standard InChI is InChI=1S/C12H17N3O2S/c1-17-9-5-13-4-8(9)15-12(16)11-10(7-2-3-7)14-6-18-11/h6-9,13H,2-5H2,1H3,(H,15,16). The fourth-order valence-corrected chi connectivity index (χ4v) is 3.13. The van der Waals surface area contributed by atoms with Crippen molar-refractivity contribution < 1.29 is 9.53 Å². The summed E-state index contributed by atoms with van der Waals surface area (Å²) in [5.74, 6) is 0.507. The minimum absolute atomic E-state index is 0.00449. The molecule has 0 aromatic carbocycles. The Morgan fingerprint density at radius 3 is 3.11 bits per heavy atom. The van der Waals surface area contributed by atoms with Crippen LogP contribution in [0.3, 0.4) is 0 Å². The van der Waals surface area contributed by atoms with E-state index in [0.717, 1.165) is 36.5 Å². The summed E-state index contributed by atoms with van der Waals surface area (Å²) in [5, 5.41) is 6.27. The molecule has 2 atom stereocenters. The molecule has 18 heavy (non-hydrogen) atoms. The molecule has 1 saturated heterocycles. The van der Waals surface area contributed by atoms with Gasteiger partial charge in [-0.05, 0) is 12.8 Å². The summed E-state index contributed by atoms with van der Waals surface area (Å²) in [6.07, 6.45) is 2.39. The number of carbonyl (C=O) groups is 1. The molecule has 98 valence electrons. The number of amides is 1. The number of hydrogen-bond acceptors (Lipinski definition) is 5. The average molecular weight is 267 g/mol. The van der Waals surface area contributed by atoms with Gasteiger partial charge in [-0.15, -0.1) is 11.3 Å². The third-order valence-corrected chi connectivity index (χ3v) is 4.38. The number of methoxy groups -OCH3 is 1. The van der Waals surface area contributed by atoms with Crippen molar-refractivity contribution in [1.29, 1.82) is 0 Å². The highest BCUT2D eigenvalue weighted by Gasteiger charge is 2.33. The van der Waals surface area contributed by atoms with E-state index < -0.39 is 0 Å². The monoisotopic (exact) mass is 267 g/mol. The number of thiazole rings is 1. The second kappa shape index (κ2) is 4.95. The van der Waals surface area contributed by atoms with Gasteiger partial charge < -0.3 is 15.4 Å². The first-order valence-electron chi connectivity index (χ1n) is 6.27. The van der Waals surface area contributed by atoms with Crippen LogP contribution >= 0.6 is 11.3 Å². The summed E-state index contributed by atoms with van der Waals surface area (Å²) in [7, 11) is 1.68. The van der Waals surface area contributed by atoms with Crippen LogP contribution < -0.4 is 10.6 Å². The van der Waals surface area contributed by atoms with Crippen molar-refractivity contribution in [2.75, 3.05) is 20.2 Å². The van der Waals surface area contributed by atoms with Crippen molar-refractivity contribution in [1.82, 2.24) is 15.6 Å². The number of carbonyl (C=O) groups excluding carboxylic acids is 1. The molecule has 1 aliphatic carbocycles. The Bertz CT molecular complexity index is 444. The van der Waals surface area contributed by atoms with Gasteiger partial charge in [0.15, 0.2) is 0 Å². The van der Waals surface area contributed by atoms with Gasteiger partial charge >= 0.3 is 0 Å². The Labute approximate surface area is 110 Å². The molecule has 0 radical (unpaired) electrons. The van der Waals surface area contributed by atoms with Gasteiger partial charge in [0.25, 0.3) is 5.91 Å². The summed E-state index contributed by atoms with van der Waals surface area (Å²) < 4.78 is 5.34. The lowest BCUT2D eigenvalue weighted by Gasteiger charge is -2.18. The van der Waals surface area contributed by atoms with Crippen LogP contribution in [0.15, 0.2) is 5.51 Å². The minimum atomic E-state index is -0.00449. The SMILES string of the molecule is COC1CNCC1NC(=O)c1scnc1C1CC1. The molecule has 1 amide bonds. The van der Waals surface area contributed by atoms with E-state index >= 15 is 0 Å². The van der Waals surface area contributed by atoms with Crippen LogP contribution in [0.25, 0.3) is 0 Å². The molecule has 6 heteroatoms. The lowest BCUT2D eigenvalue weighted by molar-refractivity contribution is 0.0782. The van der Waals surface area contributed by atoms with E-state index in [-0.39, 0.29) is 18.1 Å². The third-order valence-electron chi connectivity index (χ3n) is 3.54. The van der Waals surface area contributed by atoms with Crippen LogP contribution in [-0.4, -0.2) is 43.2 Å². The summed E-state index contributed by atoms with van der Waals surface area (Å²) in [6, 6.07) is 0.0525. The van der Waals surface area contributed by atoms with Gasteiger partial charge in [0.2, 0.25) is 0 Å². The molecule has 3 rings (SSSR count). The van der Waals surface area contributed by atoms with Gasteiger partial charge in [-0.2, -0.15) is 0 Å². The zero-order chi connectivity index (χ0) is 12.5. The number of rotatable bonds is 4. The van der Waals surface area contributed by atoms with E-state index in [0.29, 0.717) is 5.92 Å². The lowest BCUT2D eigenvalue weighted by atomic mass is 10.2. The normalized spacial score (nSPS) is 27.4. The fourth-order valence-electron chi connectivity index (χ4n) is 2.35. The molecule has 2 unspecified atom stereocenters. The summed E-state index contributed by atoms with van der Waals surface area (Å²) in [4.78, 5) is 17.4. The molecular weight excluding hydrogens is 250 g/mol. The van der Waals surface area contributed by atoms with Crippen LogP contribution in [0.5, 0.6) is 0 Å². The zero-order valence-electron chi connectivity index (χ0n) is 10.3. The number of nitrogens with zero attached hydrogens (tertiary/aromatic N) is 1. The van der Waals surface area contributed by atoms with Gasteiger partial charge in [-0.1, -0.05) is 0 Å². The van der Waals surface area contributed by atoms with Crippen molar-refractivity contribution in [3.05, 3.63) is 16.1 Å². The predicted octanol–water partition coefficient (Wildman–Crippen LogP) is 0.737. The molecule has 1 saturated carbocycles. The fraction of sp³-hybridized carbons (Fsp3) is 0.667. The highest BCUT2D eigenvalue weighted by molar-refractivity contribution is 7.11. The van der Waals surface area contributed by atoms with E-state index in [1.165, 1.54) is 11.3 Å². The maximum atomic E-state index is 12.3. The van der Waals surface area contributed by atoms with Crippen LogP contribution in [0.4, 0.5) is 0 Å². The van der Waals surface area contributed by atoms with Crippen LogP contribution in [0.1, 0.15) is 34.1 Å². The van der Waals surface area contributed by atoms with Crippen LogP contribution in [-0.2, 0) is 4.74 Å². The van der Waals surface area contributed by atoms with Crippen LogP contribution in [0.2, 0.25) is 0 Å². The Balaban J connectivity index is 1.68.